The van der Waals surface area contributed by atoms with Crippen molar-refractivity contribution < 1.29 is 9.72 Å². The standard InChI is InChI=1S/C29H26N6O3/c1-20-28(35(37)38)21(2)33(31-20)18-22-10-9-13-24(16-22)29(36)30-17-25-19-34(26-14-7-4-8-15-26)32-27(25)23-11-5-3-6-12-23/h3-16,19H,17-18H2,1-2H3,(H,30,36). The van der Waals surface area contributed by atoms with Gasteiger partial charge in [-0.2, -0.15) is 10.2 Å². The zero-order chi connectivity index (χ0) is 26.6. The molecule has 0 aliphatic heterocycles. The maximum absolute atomic E-state index is 13.1. The molecule has 0 unspecified atom stereocenters. The first kappa shape index (κ1) is 24.6. The largest absolute Gasteiger partial charge is 0.348 e. The number of hydrogen-bond donors (Lipinski definition) is 1. The Morgan fingerprint density at radius 1 is 0.947 bits per heavy atom. The summed E-state index contributed by atoms with van der Waals surface area (Å²) in [4.78, 5) is 24.0. The first-order chi connectivity index (χ1) is 18.4. The minimum atomic E-state index is -0.415. The molecular formula is C29H26N6O3. The summed E-state index contributed by atoms with van der Waals surface area (Å²) < 4.78 is 3.41. The van der Waals surface area contributed by atoms with Gasteiger partial charge in [0.1, 0.15) is 11.4 Å². The van der Waals surface area contributed by atoms with Gasteiger partial charge in [-0.25, -0.2) is 4.68 Å². The van der Waals surface area contributed by atoms with Crippen molar-refractivity contribution >= 4 is 11.6 Å². The van der Waals surface area contributed by atoms with Crippen molar-refractivity contribution in [2.45, 2.75) is 26.9 Å². The molecule has 2 heterocycles. The van der Waals surface area contributed by atoms with E-state index in [0.717, 1.165) is 28.1 Å². The molecule has 9 nitrogen and oxygen atoms in total. The van der Waals surface area contributed by atoms with E-state index in [1.54, 1.807) is 36.7 Å². The van der Waals surface area contributed by atoms with E-state index in [2.05, 4.69) is 10.4 Å². The van der Waals surface area contributed by atoms with Crippen molar-refractivity contribution in [2.75, 3.05) is 0 Å². The number of aryl methyl sites for hydroxylation is 1. The van der Waals surface area contributed by atoms with Crippen LogP contribution in [0.4, 0.5) is 5.69 Å². The number of carbonyl (C=O) groups is 1. The number of aromatic nitrogens is 4. The first-order valence-electron chi connectivity index (χ1n) is 12.2. The Bertz CT molecular complexity index is 1610. The predicted molar refractivity (Wildman–Crippen MR) is 144 cm³/mol. The Labute approximate surface area is 219 Å². The summed E-state index contributed by atoms with van der Waals surface area (Å²) in [6, 6.07) is 26.9. The van der Waals surface area contributed by atoms with Crippen LogP contribution in [0.3, 0.4) is 0 Å². The van der Waals surface area contributed by atoms with Crippen molar-refractivity contribution in [1.82, 2.24) is 24.9 Å². The minimum absolute atomic E-state index is 0.0177. The number of amides is 1. The molecule has 190 valence electrons. The summed E-state index contributed by atoms with van der Waals surface area (Å²) in [5.74, 6) is -0.224. The molecule has 0 aliphatic rings. The van der Waals surface area contributed by atoms with Crippen LogP contribution >= 0.6 is 0 Å². The fourth-order valence-electron chi connectivity index (χ4n) is 4.46. The van der Waals surface area contributed by atoms with Crippen LogP contribution in [0.15, 0.2) is 91.1 Å². The van der Waals surface area contributed by atoms with Crippen molar-refractivity contribution in [3.05, 3.63) is 129 Å². The normalized spacial score (nSPS) is 10.9. The van der Waals surface area contributed by atoms with Gasteiger partial charge in [-0.1, -0.05) is 60.7 Å². The maximum Gasteiger partial charge on any atom is 0.312 e. The van der Waals surface area contributed by atoms with Gasteiger partial charge in [0.2, 0.25) is 0 Å². The molecule has 0 radical (unpaired) electrons. The number of para-hydroxylation sites is 1. The fraction of sp³-hybridized carbons (Fsp3) is 0.138. The lowest BCUT2D eigenvalue weighted by Gasteiger charge is -2.08. The molecule has 3 aromatic carbocycles. The van der Waals surface area contributed by atoms with Gasteiger partial charge >= 0.3 is 5.69 Å². The second-order valence-corrected chi connectivity index (χ2v) is 8.97. The topological polar surface area (TPSA) is 108 Å². The van der Waals surface area contributed by atoms with E-state index >= 15 is 0 Å². The number of benzene rings is 3. The average molecular weight is 507 g/mol. The molecule has 9 heteroatoms. The third kappa shape index (κ3) is 5.08. The van der Waals surface area contributed by atoms with Crippen LogP contribution in [0.25, 0.3) is 16.9 Å². The van der Waals surface area contributed by atoms with Crippen LogP contribution in [-0.2, 0) is 13.1 Å². The lowest BCUT2D eigenvalue weighted by molar-refractivity contribution is -0.386. The molecule has 5 aromatic rings. The summed E-state index contributed by atoms with van der Waals surface area (Å²) in [5.41, 5.74) is 5.76. The highest BCUT2D eigenvalue weighted by atomic mass is 16.6. The van der Waals surface area contributed by atoms with Gasteiger partial charge < -0.3 is 5.32 Å². The van der Waals surface area contributed by atoms with Gasteiger partial charge in [-0.05, 0) is 43.7 Å². The van der Waals surface area contributed by atoms with Gasteiger partial charge in [0.15, 0.2) is 0 Å². The first-order valence-corrected chi connectivity index (χ1v) is 12.2. The summed E-state index contributed by atoms with van der Waals surface area (Å²) in [6.07, 6.45) is 1.93. The molecule has 38 heavy (non-hydrogen) atoms. The Kier molecular flexibility index (Phi) is 6.82. The van der Waals surface area contributed by atoms with Crippen molar-refractivity contribution in [3.8, 4) is 16.9 Å². The van der Waals surface area contributed by atoms with Gasteiger partial charge in [0, 0.05) is 29.4 Å². The van der Waals surface area contributed by atoms with Gasteiger partial charge in [0.25, 0.3) is 5.91 Å². The minimum Gasteiger partial charge on any atom is -0.348 e. The third-order valence-electron chi connectivity index (χ3n) is 6.34. The molecule has 0 saturated carbocycles. The van der Waals surface area contributed by atoms with Crippen LogP contribution in [0, 0.1) is 24.0 Å². The smallest absolute Gasteiger partial charge is 0.312 e. The SMILES string of the molecule is Cc1nn(Cc2cccc(C(=O)NCc3cn(-c4ccccc4)nc3-c3ccccc3)c2)c(C)c1[N+](=O)[O-]. The molecule has 0 aliphatic carbocycles. The summed E-state index contributed by atoms with van der Waals surface area (Å²) >= 11 is 0. The van der Waals surface area contributed by atoms with E-state index in [1.807, 2.05) is 77.6 Å². The van der Waals surface area contributed by atoms with Crippen LogP contribution in [0.2, 0.25) is 0 Å². The number of nitrogens with zero attached hydrogens (tertiary/aromatic N) is 5. The average Bonchev–Trinajstić information content (AvgIpc) is 3.48. The van der Waals surface area contributed by atoms with Crippen LogP contribution in [-0.4, -0.2) is 30.4 Å². The van der Waals surface area contributed by atoms with E-state index in [9.17, 15) is 14.9 Å². The molecule has 0 atom stereocenters. The molecule has 0 saturated heterocycles. The molecule has 0 spiro atoms. The summed E-state index contributed by atoms with van der Waals surface area (Å²) in [7, 11) is 0. The van der Waals surface area contributed by atoms with E-state index in [1.165, 1.54) is 0 Å². The lowest BCUT2D eigenvalue weighted by atomic mass is 10.1. The molecular weight excluding hydrogens is 480 g/mol. The number of rotatable bonds is 8. The Morgan fingerprint density at radius 3 is 2.34 bits per heavy atom. The molecule has 0 bridgehead atoms. The third-order valence-corrected chi connectivity index (χ3v) is 6.34. The predicted octanol–water partition coefficient (Wildman–Crippen LogP) is 5.24. The van der Waals surface area contributed by atoms with E-state index < -0.39 is 4.92 Å². The highest BCUT2D eigenvalue weighted by Gasteiger charge is 2.22. The zero-order valence-corrected chi connectivity index (χ0v) is 21.0. The second kappa shape index (κ2) is 10.5. The molecule has 1 amide bonds. The van der Waals surface area contributed by atoms with Gasteiger partial charge in [-0.3, -0.25) is 19.6 Å². The zero-order valence-electron chi connectivity index (χ0n) is 21.0. The Hall–Kier alpha value is -5.05. The quantitative estimate of drug-likeness (QED) is 0.229. The molecule has 1 N–H and O–H groups in total. The second-order valence-electron chi connectivity index (χ2n) is 8.97. The fourth-order valence-corrected chi connectivity index (χ4v) is 4.46. The van der Waals surface area contributed by atoms with Crippen molar-refractivity contribution in [3.63, 3.8) is 0 Å². The number of carbonyl (C=O) groups excluding carboxylic acids is 1. The van der Waals surface area contributed by atoms with Crippen LogP contribution in [0.1, 0.15) is 32.9 Å². The molecule has 2 aromatic heterocycles. The highest BCUT2D eigenvalue weighted by molar-refractivity contribution is 5.94. The summed E-state index contributed by atoms with van der Waals surface area (Å²) in [5, 5.41) is 23.5. The van der Waals surface area contributed by atoms with Gasteiger partial charge in [-0.15, -0.1) is 0 Å². The van der Waals surface area contributed by atoms with E-state index in [4.69, 9.17) is 5.10 Å². The Balaban J connectivity index is 1.35. The van der Waals surface area contributed by atoms with Crippen molar-refractivity contribution in [1.29, 1.82) is 0 Å². The molecule has 0 fully saturated rings. The summed E-state index contributed by atoms with van der Waals surface area (Å²) in [6.45, 7) is 3.91. The van der Waals surface area contributed by atoms with E-state index in [0.29, 0.717) is 30.0 Å². The molecule has 5 rings (SSSR count). The van der Waals surface area contributed by atoms with Gasteiger partial charge in [0.05, 0.1) is 22.8 Å². The lowest BCUT2D eigenvalue weighted by Crippen LogP contribution is -2.23. The highest BCUT2D eigenvalue weighted by Crippen LogP contribution is 2.24. The van der Waals surface area contributed by atoms with E-state index in [-0.39, 0.29) is 11.6 Å². The Morgan fingerprint density at radius 2 is 1.66 bits per heavy atom. The monoisotopic (exact) mass is 506 g/mol. The van der Waals surface area contributed by atoms with Crippen LogP contribution in [0.5, 0.6) is 0 Å². The van der Waals surface area contributed by atoms with Crippen molar-refractivity contribution in [2.24, 2.45) is 0 Å². The van der Waals surface area contributed by atoms with Crippen LogP contribution < -0.4 is 5.32 Å². The number of hydrogen-bond acceptors (Lipinski definition) is 5. The number of nitro groups is 1. The number of nitrogens with one attached hydrogen (secondary N) is 1. The maximum atomic E-state index is 13.1.